The van der Waals surface area contributed by atoms with Crippen molar-refractivity contribution in [2.45, 2.75) is 238 Å². The van der Waals surface area contributed by atoms with Crippen LogP contribution in [0.25, 0.3) is 0 Å². The maximum Gasteiger partial charge on any atom is 0.322 e. The van der Waals surface area contributed by atoms with E-state index in [1.165, 1.54) is 148 Å². The second kappa shape index (κ2) is 37.2. The van der Waals surface area contributed by atoms with Crippen molar-refractivity contribution in [3.8, 4) is 0 Å². The van der Waals surface area contributed by atoms with Gasteiger partial charge in [0.15, 0.2) is 0 Å². The van der Waals surface area contributed by atoms with Gasteiger partial charge in [0.25, 0.3) is 0 Å². The number of unbranched alkanes of at least 4 members (excludes halogenated alkanes) is 27. The predicted octanol–water partition coefficient (Wildman–Crippen LogP) is 12.4. The van der Waals surface area contributed by atoms with Crippen LogP contribution >= 0.6 is 0 Å². The van der Waals surface area contributed by atoms with Gasteiger partial charge in [-0.2, -0.15) is 0 Å². The molecule has 2 N–H and O–H groups in total. The first kappa shape index (κ1) is 45.4. The molecule has 6 heteroatoms. The Morgan fingerprint density at radius 3 is 1.15 bits per heavy atom. The zero-order valence-electron chi connectivity index (χ0n) is 31.4. The van der Waals surface area contributed by atoms with Crippen LogP contribution in [0.2, 0.25) is 0 Å². The van der Waals surface area contributed by atoms with E-state index in [0.717, 1.165) is 57.8 Å². The van der Waals surface area contributed by atoms with Gasteiger partial charge >= 0.3 is 11.9 Å². The number of carbonyl (C=O) groups is 3. The summed E-state index contributed by atoms with van der Waals surface area (Å²) < 4.78 is 5.94. The van der Waals surface area contributed by atoms with Gasteiger partial charge in [-0.15, -0.1) is 0 Å². The summed E-state index contributed by atoms with van der Waals surface area (Å²) >= 11 is 0. The largest absolute Gasteiger partial charge is 0.480 e. The lowest BCUT2D eigenvalue weighted by atomic mass is 10.0. The van der Waals surface area contributed by atoms with Crippen LogP contribution in [0.4, 0.5) is 0 Å². The van der Waals surface area contributed by atoms with Crippen LogP contribution in [-0.4, -0.2) is 35.6 Å². The number of ether oxygens (including phenoxy) is 1. The molecule has 0 aliphatic heterocycles. The van der Waals surface area contributed by atoms with E-state index < -0.39 is 5.97 Å². The SMILES string of the molecule is CCCCCCCCCCCCCCCCCCCCCCCC(=O)OC(CCCCCCC)CCCCCCC(=O)NCC(=O)O. The standard InChI is InChI=1S/C41H79NO5/c1-3-5-7-9-10-11-12-13-14-15-16-17-18-19-20-21-22-23-24-26-32-36-41(46)47-38(33-29-25-8-6-4-2)34-30-27-28-31-35-39(43)42-37-40(44)45/h38H,3-37H2,1-2H3,(H,42,43)(H,44,45). The van der Waals surface area contributed by atoms with E-state index in [0.29, 0.717) is 12.8 Å². The molecular weight excluding hydrogens is 586 g/mol. The van der Waals surface area contributed by atoms with E-state index in [1.54, 1.807) is 0 Å². The summed E-state index contributed by atoms with van der Waals surface area (Å²) in [6.07, 6.45) is 41.1. The maximum atomic E-state index is 12.6. The summed E-state index contributed by atoms with van der Waals surface area (Å²) in [4.78, 5) is 34.8. The fraction of sp³-hybridized carbons (Fsp3) is 0.927. The highest BCUT2D eigenvalue weighted by Gasteiger charge is 2.14. The summed E-state index contributed by atoms with van der Waals surface area (Å²) in [5.41, 5.74) is 0. The predicted molar refractivity (Wildman–Crippen MR) is 199 cm³/mol. The molecule has 1 unspecified atom stereocenters. The van der Waals surface area contributed by atoms with E-state index >= 15 is 0 Å². The van der Waals surface area contributed by atoms with Gasteiger partial charge in [0.1, 0.15) is 12.6 Å². The number of carboxylic acid groups (broad SMARTS) is 1. The number of amides is 1. The molecule has 0 rings (SSSR count). The van der Waals surface area contributed by atoms with E-state index in [-0.39, 0.29) is 24.5 Å². The topological polar surface area (TPSA) is 92.7 Å². The second-order valence-corrected chi connectivity index (χ2v) is 14.3. The molecule has 0 aromatic carbocycles. The molecule has 0 saturated carbocycles. The molecule has 278 valence electrons. The number of esters is 1. The Hall–Kier alpha value is -1.59. The first-order valence-electron chi connectivity index (χ1n) is 20.7. The van der Waals surface area contributed by atoms with Crippen molar-refractivity contribution in [1.29, 1.82) is 0 Å². The number of hydrogen-bond donors (Lipinski definition) is 2. The Balaban J connectivity index is 3.76. The quantitative estimate of drug-likeness (QED) is 0.0506. The zero-order valence-corrected chi connectivity index (χ0v) is 31.4. The number of carbonyl (C=O) groups excluding carboxylic acids is 2. The number of aliphatic carboxylic acids is 1. The molecule has 0 aliphatic rings. The highest BCUT2D eigenvalue weighted by Crippen LogP contribution is 2.19. The van der Waals surface area contributed by atoms with Crippen molar-refractivity contribution in [3.63, 3.8) is 0 Å². The smallest absolute Gasteiger partial charge is 0.322 e. The Morgan fingerprint density at radius 2 is 0.787 bits per heavy atom. The average molecular weight is 666 g/mol. The number of nitrogens with one attached hydrogen (secondary N) is 1. The third-order valence-electron chi connectivity index (χ3n) is 9.53. The average Bonchev–Trinajstić information content (AvgIpc) is 3.05. The van der Waals surface area contributed by atoms with Gasteiger partial charge < -0.3 is 15.2 Å². The third kappa shape index (κ3) is 37.1. The molecule has 0 spiro atoms. The Labute approximate surface area is 291 Å². The lowest BCUT2D eigenvalue weighted by Gasteiger charge is -2.18. The molecule has 0 fully saturated rings. The molecular formula is C41H79NO5. The van der Waals surface area contributed by atoms with Crippen LogP contribution < -0.4 is 5.32 Å². The van der Waals surface area contributed by atoms with Crippen molar-refractivity contribution in [2.24, 2.45) is 0 Å². The van der Waals surface area contributed by atoms with Crippen LogP contribution in [0, 0.1) is 0 Å². The molecule has 1 atom stereocenters. The van der Waals surface area contributed by atoms with Crippen LogP contribution in [0.3, 0.4) is 0 Å². The fourth-order valence-corrected chi connectivity index (χ4v) is 6.46. The minimum absolute atomic E-state index is 0.0119. The molecule has 1 amide bonds. The van der Waals surface area contributed by atoms with Gasteiger partial charge in [-0.05, 0) is 38.5 Å². The van der Waals surface area contributed by atoms with Gasteiger partial charge in [-0.25, -0.2) is 0 Å². The number of hydrogen-bond acceptors (Lipinski definition) is 4. The van der Waals surface area contributed by atoms with E-state index in [9.17, 15) is 14.4 Å². The van der Waals surface area contributed by atoms with Crippen molar-refractivity contribution in [1.82, 2.24) is 5.32 Å². The third-order valence-corrected chi connectivity index (χ3v) is 9.53. The van der Waals surface area contributed by atoms with E-state index in [4.69, 9.17) is 9.84 Å². The zero-order chi connectivity index (χ0) is 34.5. The molecule has 0 saturated heterocycles. The lowest BCUT2D eigenvalue weighted by molar-refractivity contribution is -0.150. The molecule has 0 bridgehead atoms. The van der Waals surface area contributed by atoms with Crippen LogP contribution in [0.1, 0.15) is 232 Å². The molecule has 0 radical (unpaired) electrons. The molecule has 0 aromatic rings. The van der Waals surface area contributed by atoms with E-state index in [1.807, 2.05) is 0 Å². The van der Waals surface area contributed by atoms with Crippen molar-refractivity contribution >= 4 is 17.8 Å². The molecule has 6 nitrogen and oxygen atoms in total. The monoisotopic (exact) mass is 666 g/mol. The Kier molecular flexibility index (Phi) is 36.0. The highest BCUT2D eigenvalue weighted by atomic mass is 16.5. The second-order valence-electron chi connectivity index (χ2n) is 14.3. The van der Waals surface area contributed by atoms with Crippen molar-refractivity contribution in [2.75, 3.05) is 6.54 Å². The minimum Gasteiger partial charge on any atom is -0.480 e. The summed E-state index contributed by atoms with van der Waals surface area (Å²) in [6.45, 7) is 4.20. The van der Waals surface area contributed by atoms with Gasteiger partial charge in [-0.3, -0.25) is 14.4 Å². The first-order valence-corrected chi connectivity index (χ1v) is 20.7. The normalized spacial score (nSPS) is 11.9. The first-order chi connectivity index (χ1) is 23.0. The lowest BCUT2D eigenvalue weighted by Crippen LogP contribution is -2.28. The van der Waals surface area contributed by atoms with Gasteiger partial charge in [-0.1, -0.05) is 181 Å². The van der Waals surface area contributed by atoms with Gasteiger partial charge in [0.2, 0.25) is 5.91 Å². The van der Waals surface area contributed by atoms with E-state index in [2.05, 4.69) is 19.2 Å². The summed E-state index contributed by atoms with van der Waals surface area (Å²) in [7, 11) is 0. The summed E-state index contributed by atoms with van der Waals surface area (Å²) in [5, 5.41) is 11.1. The van der Waals surface area contributed by atoms with Gasteiger partial charge in [0.05, 0.1) is 0 Å². The molecule has 0 aliphatic carbocycles. The van der Waals surface area contributed by atoms with Crippen LogP contribution in [0.15, 0.2) is 0 Å². The minimum atomic E-state index is -1.02. The fourth-order valence-electron chi connectivity index (χ4n) is 6.46. The highest BCUT2D eigenvalue weighted by molar-refractivity contribution is 5.80. The summed E-state index contributed by atoms with van der Waals surface area (Å²) in [6, 6.07) is 0. The summed E-state index contributed by atoms with van der Waals surface area (Å²) in [5.74, 6) is -1.25. The Morgan fingerprint density at radius 1 is 0.468 bits per heavy atom. The number of carboxylic acids is 1. The molecule has 0 heterocycles. The van der Waals surface area contributed by atoms with Crippen LogP contribution in [-0.2, 0) is 19.1 Å². The molecule has 0 aromatic heterocycles. The van der Waals surface area contributed by atoms with Crippen molar-refractivity contribution in [3.05, 3.63) is 0 Å². The maximum absolute atomic E-state index is 12.6. The van der Waals surface area contributed by atoms with Gasteiger partial charge in [0, 0.05) is 12.8 Å². The van der Waals surface area contributed by atoms with Crippen LogP contribution in [0.5, 0.6) is 0 Å². The van der Waals surface area contributed by atoms with Crippen molar-refractivity contribution < 1.29 is 24.2 Å². The Bertz CT molecular complexity index is 697. The molecule has 47 heavy (non-hydrogen) atoms. The number of rotatable bonds is 38.